The van der Waals surface area contributed by atoms with Gasteiger partial charge in [-0.15, -0.1) is 5.10 Å². The van der Waals surface area contributed by atoms with Gasteiger partial charge in [-0.3, -0.25) is 0 Å². The highest BCUT2D eigenvalue weighted by Gasteiger charge is 2.33. The first-order chi connectivity index (χ1) is 14.0. The van der Waals surface area contributed by atoms with Crippen LogP contribution in [0, 0.1) is 25.2 Å². The summed E-state index contributed by atoms with van der Waals surface area (Å²) in [6, 6.07) is 12.1. The summed E-state index contributed by atoms with van der Waals surface area (Å²) in [5.74, 6) is 4.15. The minimum absolute atomic E-state index is 0.122. The number of hydrogen-bond acceptors (Lipinski definition) is 7. The van der Waals surface area contributed by atoms with Crippen molar-refractivity contribution in [2.75, 3.05) is 18.0 Å². The number of para-hydroxylation sites is 2. The Morgan fingerprint density at radius 3 is 2.48 bits per heavy atom. The summed E-state index contributed by atoms with van der Waals surface area (Å²) >= 11 is 0. The number of hydrogen-bond donors (Lipinski definition) is 0. The molecule has 5 rings (SSSR count). The molecule has 0 aliphatic carbocycles. The van der Waals surface area contributed by atoms with Crippen LogP contribution in [0.3, 0.4) is 0 Å². The van der Waals surface area contributed by atoms with Crippen LogP contribution in [0.15, 0.2) is 30.3 Å². The Morgan fingerprint density at radius 1 is 1.03 bits per heavy atom. The van der Waals surface area contributed by atoms with E-state index in [0.29, 0.717) is 23.4 Å². The Bertz CT molecular complexity index is 1270. The molecule has 0 N–H and O–H groups in total. The Balaban J connectivity index is 1.44. The van der Waals surface area contributed by atoms with Crippen molar-refractivity contribution < 1.29 is 0 Å². The molecule has 0 spiro atoms. The fraction of sp³-hybridized carbons (Fsp3) is 0.300. The molecule has 1 fully saturated rings. The van der Waals surface area contributed by atoms with Crippen molar-refractivity contribution in [3.63, 3.8) is 0 Å². The van der Waals surface area contributed by atoms with Crippen molar-refractivity contribution in [3.8, 4) is 11.9 Å². The van der Waals surface area contributed by atoms with Crippen LogP contribution in [0.2, 0.25) is 0 Å². The van der Waals surface area contributed by atoms with E-state index in [1.165, 1.54) is 0 Å². The monoisotopic (exact) mass is 385 g/mol. The van der Waals surface area contributed by atoms with Crippen molar-refractivity contribution in [2.45, 2.75) is 19.8 Å². The van der Waals surface area contributed by atoms with Crippen LogP contribution >= 0.6 is 0 Å². The first-order valence-corrected chi connectivity index (χ1v) is 9.39. The summed E-state index contributed by atoms with van der Waals surface area (Å²) in [7, 11) is 2.06. The van der Waals surface area contributed by atoms with E-state index in [1.807, 2.05) is 44.2 Å². The van der Waals surface area contributed by atoms with Gasteiger partial charge in [-0.1, -0.05) is 12.1 Å². The minimum Gasteiger partial charge on any atom is -0.355 e. The maximum Gasteiger partial charge on any atom is 0.236 e. The Labute approximate surface area is 167 Å². The van der Waals surface area contributed by atoms with Crippen molar-refractivity contribution in [1.29, 1.82) is 5.26 Å². The highest BCUT2D eigenvalue weighted by Crippen LogP contribution is 2.32. The fourth-order valence-corrected chi connectivity index (χ4v) is 3.84. The molecule has 4 heterocycles. The van der Waals surface area contributed by atoms with Crippen LogP contribution < -0.4 is 4.90 Å². The Kier molecular flexibility index (Phi) is 3.81. The number of fused-ring (bicyclic) bond motifs is 1. The van der Waals surface area contributed by atoms with E-state index in [0.717, 1.165) is 35.8 Å². The Hall–Kier alpha value is -3.80. The van der Waals surface area contributed by atoms with Crippen LogP contribution in [0.5, 0.6) is 0 Å². The SMILES string of the molecule is Cc1nc(C)n(-c2cc(N3CC(c4nc5ccccc5n4C)C3)nc(C#N)n2)n1. The van der Waals surface area contributed by atoms with Gasteiger partial charge in [0.05, 0.1) is 17.0 Å². The van der Waals surface area contributed by atoms with Crippen LogP contribution in [0.25, 0.3) is 16.9 Å². The van der Waals surface area contributed by atoms with Gasteiger partial charge in [-0.05, 0) is 26.0 Å². The molecule has 4 aromatic rings. The normalized spacial score (nSPS) is 14.2. The fourth-order valence-electron chi connectivity index (χ4n) is 3.84. The summed E-state index contributed by atoms with van der Waals surface area (Å²) in [5, 5.41) is 13.7. The lowest BCUT2D eigenvalue weighted by Crippen LogP contribution is -2.46. The van der Waals surface area contributed by atoms with Crippen LogP contribution in [-0.4, -0.2) is 47.4 Å². The third-order valence-corrected chi connectivity index (χ3v) is 5.28. The third kappa shape index (κ3) is 2.81. The third-order valence-electron chi connectivity index (χ3n) is 5.28. The van der Waals surface area contributed by atoms with Gasteiger partial charge < -0.3 is 9.47 Å². The number of anilines is 1. The minimum atomic E-state index is 0.122. The molecule has 0 saturated carbocycles. The largest absolute Gasteiger partial charge is 0.355 e. The lowest BCUT2D eigenvalue weighted by atomic mass is 9.99. The highest BCUT2D eigenvalue weighted by atomic mass is 15.4. The summed E-state index contributed by atoms with van der Waals surface area (Å²) in [6.07, 6.45) is 0. The molecule has 9 heteroatoms. The first kappa shape index (κ1) is 17.3. The van der Waals surface area contributed by atoms with Gasteiger partial charge in [0.15, 0.2) is 5.82 Å². The predicted octanol–water partition coefficient (Wildman–Crippen LogP) is 2.04. The molecular formula is C20H19N9. The highest BCUT2D eigenvalue weighted by molar-refractivity contribution is 5.76. The van der Waals surface area contributed by atoms with Crippen molar-refractivity contribution in [3.05, 3.63) is 53.6 Å². The molecule has 0 atom stereocenters. The number of rotatable bonds is 3. The predicted molar refractivity (Wildman–Crippen MR) is 107 cm³/mol. The van der Waals surface area contributed by atoms with E-state index in [9.17, 15) is 5.26 Å². The van der Waals surface area contributed by atoms with E-state index in [-0.39, 0.29) is 5.82 Å². The average Bonchev–Trinajstić information content (AvgIpc) is 3.19. The average molecular weight is 385 g/mol. The molecule has 1 aliphatic rings. The maximum absolute atomic E-state index is 9.38. The van der Waals surface area contributed by atoms with Gasteiger partial charge in [0.2, 0.25) is 5.82 Å². The zero-order valence-electron chi connectivity index (χ0n) is 16.4. The number of imidazole rings is 1. The smallest absolute Gasteiger partial charge is 0.236 e. The summed E-state index contributed by atoms with van der Waals surface area (Å²) in [6.45, 7) is 5.26. The molecule has 0 bridgehead atoms. The first-order valence-electron chi connectivity index (χ1n) is 9.39. The second-order valence-corrected chi connectivity index (χ2v) is 7.26. The zero-order chi connectivity index (χ0) is 20.1. The van der Waals surface area contributed by atoms with E-state index >= 15 is 0 Å². The summed E-state index contributed by atoms with van der Waals surface area (Å²) < 4.78 is 3.80. The maximum atomic E-state index is 9.38. The molecule has 1 aliphatic heterocycles. The lowest BCUT2D eigenvalue weighted by molar-refractivity contribution is 0.485. The lowest BCUT2D eigenvalue weighted by Gasteiger charge is -2.39. The van der Waals surface area contributed by atoms with Crippen LogP contribution in [0.4, 0.5) is 5.82 Å². The second-order valence-electron chi connectivity index (χ2n) is 7.26. The second kappa shape index (κ2) is 6.38. The van der Waals surface area contributed by atoms with Gasteiger partial charge >= 0.3 is 0 Å². The van der Waals surface area contributed by atoms with E-state index in [4.69, 9.17) is 4.98 Å². The van der Waals surface area contributed by atoms with Gasteiger partial charge in [0.25, 0.3) is 0 Å². The molecule has 9 nitrogen and oxygen atoms in total. The standard InChI is InChI=1S/C20H19N9/c1-12-22-13(2)29(26-12)19-8-18(24-17(9-21)25-19)28-10-14(11-28)20-23-15-6-4-5-7-16(15)27(20)3/h4-8,14H,10-11H2,1-3H3. The molecule has 1 saturated heterocycles. The number of nitriles is 1. The number of aryl methyl sites for hydroxylation is 3. The van der Waals surface area contributed by atoms with Crippen LogP contribution in [0.1, 0.15) is 29.2 Å². The van der Waals surface area contributed by atoms with Crippen LogP contribution in [-0.2, 0) is 7.05 Å². The number of nitrogens with zero attached hydrogens (tertiary/aromatic N) is 9. The molecule has 29 heavy (non-hydrogen) atoms. The molecule has 1 aromatic carbocycles. The van der Waals surface area contributed by atoms with E-state index in [1.54, 1.807) is 4.68 Å². The Morgan fingerprint density at radius 2 is 1.79 bits per heavy atom. The molecule has 0 unspecified atom stereocenters. The molecule has 0 amide bonds. The molecular weight excluding hydrogens is 366 g/mol. The van der Waals surface area contributed by atoms with Crippen molar-refractivity contribution in [1.82, 2.24) is 34.3 Å². The summed E-state index contributed by atoms with van der Waals surface area (Å²) in [4.78, 5) is 20.0. The van der Waals surface area contributed by atoms with Gasteiger partial charge in [0, 0.05) is 26.2 Å². The quantitative estimate of drug-likeness (QED) is 0.532. The van der Waals surface area contributed by atoms with Gasteiger partial charge in [-0.25, -0.2) is 15.0 Å². The molecule has 144 valence electrons. The zero-order valence-corrected chi connectivity index (χ0v) is 16.4. The number of aromatic nitrogens is 7. The summed E-state index contributed by atoms with van der Waals surface area (Å²) in [5.41, 5.74) is 2.14. The van der Waals surface area contributed by atoms with Crippen molar-refractivity contribution in [2.24, 2.45) is 7.05 Å². The molecule has 0 radical (unpaired) electrons. The van der Waals surface area contributed by atoms with Crippen molar-refractivity contribution >= 4 is 16.9 Å². The molecule has 3 aromatic heterocycles. The topological polar surface area (TPSA) is 101 Å². The number of benzene rings is 1. The van der Waals surface area contributed by atoms with E-state index in [2.05, 4.69) is 42.6 Å². The van der Waals surface area contributed by atoms with E-state index < -0.39 is 0 Å². The van der Waals surface area contributed by atoms with Gasteiger partial charge in [0.1, 0.15) is 29.4 Å². The van der Waals surface area contributed by atoms with Gasteiger partial charge in [-0.2, -0.15) is 14.9 Å².